The van der Waals surface area contributed by atoms with Gasteiger partial charge in [0, 0.05) is 18.5 Å². The number of H-pyrrole nitrogens is 1. The number of likely N-dealkylation sites (tertiary alicyclic amines) is 1. The fourth-order valence-corrected chi connectivity index (χ4v) is 3.83. The highest BCUT2D eigenvalue weighted by molar-refractivity contribution is 5.95. The van der Waals surface area contributed by atoms with Crippen molar-refractivity contribution in [2.24, 2.45) is 5.92 Å². The van der Waals surface area contributed by atoms with E-state index < -0.39 is 5.91 Å². The number of amides is 1. The van der Waals surface area contributed by atoms with Crippen LogP contribution in [0, 0.1) is 5.92 Å². The molecule has 2 aromatic carbocycles. The lowest BCUT2D eigenvalue weighted by atomic mass is 9.98. The maximum atomic E-state index is 12.6. The lowest BCUT2D eigenvalue weighted by molar-refractivity contribution is 0.0943. The molecule has 150 valence electrons. The second-order valence-corrected chi connectivity index (χ2v) is 7.86. The lowest BCUT2D eigenvalue weighted by Crippen LogP contribution is -2.33. The number of hydrogen-bond donors (Lipinski definition) is 2. The van der Waals surface area contributed by atoms with Crippen LogP contribution in [0.3, 0.4) is 0 Å². The SMILES string of the molecule is CC1CCN(Cc2ccccc2CNC(=O)c2n[nH]c3ccccc3c2=O)CC1. The molecule has 1 aliphatic rings. The van der Waals surface area contributed by atoms with Crippen LogP contribution < -0.4 is 10.7 Å². The largest absolute Gasteiger partial charge is 0.346 e. The summed E-state index contributed by atoms with van der Waals surface area (Å²) in [5.74, 6) is 0.340. The van der Waals surface area contributed by atoms with E-state index in [1.807, 2.05) is 24.3 Å². The number of nitrogens with zero attached hydrogens (tertiary/aromatic N) is 2. The number of hydrogen-bond acceptors (Lipinski definition) is 4. The van der Waals surface area contributed by atoms with E-state index in [2.05, 4.69) is 33.4 Å². The van der Waals surface area contributed by atoms with Crippen molar-refractivity contribution in [1.82, 2.24) is 20.4 Å². The van der Waals surface area contributed by atoms with E-state index in [-0.39, 0.29) is 11.1 Å². The number of carbonyl (C=O) groups is 1. The van der Waals surface area contributed by atoms with E-state index in [1.54, 1.807) is 18.2 Å². The minimum Gasteiger partial charge on any atom is -0.346 e. The van der Waals surface area contributed by atoms with Gasteiger partial charge in [-0.25, -0.2) is 0 Å². The number of aromatic nitrogens is 2. The lowest BCUT2D eigenvalue weighted by Gasteiger charge is -2.30. The molecule has 1 amide bonds. The summed E-state index contributed by atoms with van der Waals surface area (Å²) in [6.07, 6.45) is 2.46. The van der Waals surface area contributed by atoms with Gasteiger partial charge in [0.2, 0.25) is 5.43 Å². The first-order valence-corrected chi connectivity index (χ1v) is 10.2. The molecular weight excluding hydrogens is 364 g/mol. The monoisotopic (exact) mass is 390 g/mol. The molecule has 1 aliphatic heterocycles. The van der Waals surface area contributed by atoms with E-state index in [0.29, 0.717) is 17.4 Å². The van der Waals surface area contributed by atoms with Crippen LogP contribution in [0.2, 0.25) is 0 Å². The van der Waals surface area contributed by atoms with Crippen molar-refractivity contribution in [1.29, 1.82) is 0 Å². The zero-order chi connectivity index (χ0) is 20.2. The van der Waals surface area contributed by atoms with E-state index in [4.69, 9.17) is 0 Å². The van der Waals surface area contributed by atoms with Gasteiger partial charge in [0.1, 0.15) is 0 Å². The molecule has 6 heteroatoms. The molecule has 1 aromatic heterocycles. The molecule has 2 heterocycles. The fourth-order valence-electron chi connectivity index (χ4n) is 3.83. The van der Waals surface area contributed by atoms with Crippen molar-refractivity contribution in [3.05, 3.63) is 75.6 Å². The molecule has 0 aliphatic carbocycles. The number of piperidine rings is 1. The van der Waals surface area contributed by atoms with Crippen LogP contribution in [-0.4, -0.2) is 34.1 Å². The first kappa shape index (κ1) is 19.3. The molecule has 0 saturated carbocycles. The predicted molar refractivity (Wildman–Crippen MR) is 114 cm³/mol. The molecule has 0 bridgehead atoms. The Balaban J connectivity index is 1.46. The summed E-state index contributed by atoms with van der Waals surface area (Å²) < 4.78 is 0. The molecule has 0 atom stereocenters. The minimum absolute atomic E-state index is 0.105. The highest BCUT2D eigenvalue weighted by Gasteiger charge is 2.18. The third kappa shape index (κ3) is 4.38. The summed E-state index contributed by atoms with van der Waals surface area (Å²) in [5.41, 5.74) is 2.44. The van der Waals surface area contributed by atoms with Crippen LogP contribution in [0.25, 0.3) is 10.9 Å². The quantitative estimate of drug-likeness (QED) is 0.702. The van der Waals surface area contributed by atoms with E-state index in [9.17, 15) is 9.59 Å². The smallest absolute Gasteiger partial charge is 0.276 e. The average Bonchev–Trinajstić information content (AvgIpc) is 2.75. The fraction of sp³-hybridized carbons (Fsp3) is 0.348. The molecule has 0 spiro atoms. The zero-order valence-electron chi connectivity index (χ0n) is 16.6. The topological polar surface area (TPSA) is 78.1 Å². The summed E-state index contributed by atoms with van der Waals surface area (Å²) in [7, 11) is 0. The molecule has 1 fully saturated rings. The molecule has 3 aromatic rings. The van der Waals surface area contributed by atoms with Crippen molar-refractivity contribution in [3.63, 3.8) is 0 Å². The number of para-hydroxylation sites is 1. The van der Waals surface area contributed by atoms with Crippen molar-refractivity contribution < 1.29 is 4.79 Å². The van der Waals surface area contributed by atoms with Gasteiger partial charge in [0.05, 0.1) is 5.52 Å². The third-order valence-corrected chi connectivity index (χ3v) is 5.72. The van der Waals surface area contributed by atoms with Gasteiger partial charge in [0.25, 0.3) is 5.91 Å². The molecule has 1 saturated heterocycles. The van der Waals surface area contributed by atoms with Crippen LogP contribution in [0.15, 0.2) is 53.3 Å². The Labute approximate surface area is 169 Å². The Morgan fingerprint density at radius 1 is 1.10 bits per heavy atom. The van der Waals surface area contributed by atoms with Crippen LogP contribution in [-0.2, 0) is 13.1 Å². The first-order valence-electron chi connectivity index (χ1n) is 10.2. The highest BCUT2D eigenvalue weighted by atomic mass is 16.2. The van der Waals surface area contributed by atoms with Crippen LogP contribution in [0.5, 0.6) is 0 Å². The summed E-state index contributed by atoms with van der Waals surface area (Å²) >= 11 is 0. The summed E-state index contributed by atoms with van der Waals surface area (Å²) in [4.78, 5) is 27.7. The van der Waals surface area contributed by atoms with Gasteiger partial charge >= 0.3 is 0 Å². The van der Waals surface area contributed by atoms with Crippen molar-refractivity contribution in [2.75, 3.05) is 13.1 Å². The maximum absolute atomic E-state index is 12.6. The van der Waals surface area contributed by atoms with Crippen molar-refractivity contribution in [2.45, 2.75) is 32.9 Å². The third-order valence-electron chi connectivity index (χ3n) is 5.72. The van der Waals surface area contributed by atoms with Crippen molar-refractivity contribution >= 4 is 16.8 Å². The van der Waals surface area contributed by atoms with Crippen LogP contribution >= 0.6 is 0 Å². The second kappa shape index (κ2) is 8.57. The Kier molecular flexibility index (Phi) is 5.71. The predicted octanol–water partition coefficient (Wildman–Crippen LogP) is 3.09. The van der Waals surface area contributed by atoms with Gasteiger partial charge in [0.15, 0.2) is 5.69 Å². The van der Waals surface area contributed by atoms with Gasteiger partial charge in [-0.15, -0.1) is 0 Å². The van der Waals surface area contributed by atoms with Gasteiger partial charge < -0.3 is 5.32 Å². The Hall–Kier alpha value is -2.99. The number of rotatable bonds is 5. The van der Waals surface area contributed by atoms with Crippen LogP contribution in [0.1, 0.15) is 41.4 Å². The van der Waals surface area contributed by atoms with E-state index >= 15 is 0 Å². The molecule has 4 rings (SSSR count). The number of carbonyl (C=O) groups excluding carboxylic acids is 1. The maximum Gasteiger partial charge on any atom is 0.276 e. The normalized spacial score (nSPS) is 15.5. The van der Waals surface area contributed by atoms with Gasteiger partial charge in [-0.1, -0.05) is 43.3 Å². The van der Waals surface area contributed by atoms with Gasteiger partial charge in [-0.3, -0.25) is 19.6 Å². The van der Waals surface area contributed by atoms with Gasteiger partial charge in [-0.2, -0.15) is 5.10 Å². The number of benzene rings is 2. The molecule has 2 N–H and O–H groups in total. The summed E-state index contributed by atoms with van der Waals surface area (Å²) in [6, 6.07) is 15.2. The number of aromatic amines is 1. The zero-order valence-corrected chi connectivity index (χ0v) is 16.6. The summed E-state index contributed by atoms with van der Waals surface area (Å²) in [6.45, 7) is 5.78. The minimum atomic E-state index is -0.460. The molecular formula is C23H26N4O2. The number of nitrogens with one attached hydrogen (secondary N) is 2. The molecule has 0 unspecified atom stereocenters. The van der Waals surface area contributed by atoms with Crippen LogP contribution in [0.4, 0.5) is 0 Å². The van der Waals surface area contributed by atoms with E-state index in [1.165, 1.54) is 18.4 Å². The summed E-state index contributed by atoms with van der Waals surface area (Å²) in [5, 5.41) is 10.1. The molecule has 29 heavy (non-hydrogen) atoms. The van der Waals surface area contributed by atoms with E-state index in [0.717, 1.165) is 31.1 Å². The van der Waals surface area contributed by atoms with Gasteiger partial charge in [-0.05, 0) is 55.1 Å². The highest BCUT2D eigenvalue weighted by Crippen LogP contribution is 2.19. The Morgan fingerprint density at radius 2 is 1.79 bits per heavy atom. The standard InChI is InChI=1S/C23H26N4O2/c1-16-10-12-27(13-11-16)15-18-7-3-2-6-17(18)14-24-23(29)21-22(28)19-8-4-5-9-20(19)25-26-21/h2-9,16H,10-15H2,1H3,(H,24,29)(H,25,28). The molecule has 0 radical (unpaired) electrons. The molecule has 6 nitrogen and oxygen atoms in total. The Bertz CT molecular complexity index is 1070. The average molecular weight is 390 g/mol. The second-order valence-electron chi connectivity index (χ2n) is 7.86. The first-order chi connectivity index (χ1) is 14.1. The van der Waals surface area contributed by atoms with Crippen molar-refractivity contribution in [3.8, 4) is 0 Å². The number of fused-ring (bicyclic) bond motifs is 1. The Morgan fingerprint density at radius 3 is 2.59 bits per heavy atom.